The molecule has 108 valence electrons. The van der Waals surface area contributed by atoms with Gasteiger partial charge in [0, 0.05) is 0 Å². The molecule has 0 aliphatic heterocycles. The molecule has 0 N–H and O–H groups in total. The Morgan fingerprint density at radius 2 is 1.25 bits per heavy atom. The van der Waals surface area contributed by atoms with E-state index >= 15 is 0 Å². The summed E-state index contributed by atoms with van der Waals surface area (Å²) in [5.41, 5.74) is 3.37. The van der Waals surface area contributed by atoms with Crippen molar-refractivity contribution in [2.75, 3.05) is 0 Å². The molecule has 0 heteroatoms. The van der Waals surface area contributed by atoms with Gasteiger partial charge < -0.3 is 0 Å². The zero-order valence-electron chi connectivity index (χ0n) is 13.9. The fourth-order valence-electron chi connectivity index (χ4n) is 3.31. The molecule has 0 bridgehead atoms. The van der Waals surface area contributed by atoms with Gasteiger partial charge in [-0.15, -0.1) is 0 Å². The molecule has 0 aliphatic carbocycles. The molecule has 2 aromatic rings. The van der Waals surface area contributed by atoms with Gasteiger partial charge in [0.25, 0.3) is 0 Å². The highest BCUT2D eigenvalue weighted by molar-refractivity contribution is 5.90. The summed E-state index contributed by atoms with van der Waals surface area (Å²) in [4.78, 5) is 0. The van der Waals surface area contributed by atoms with Crippen LogP contribution >= 0.6 is 0 Å². The summed E-state index contributed by atoms with van der Waals surface area (Å²) in [6, 6.07) is 13.6. The van der Waals surface area contributed by atoms with Crippen LogP contribution in [0, 0.1) is 0 Å². The van der Waals surface area contributed by atoms with Crippen LogP contribution in [0.25, 0.3) is 10.8 Å². The summed E-state index contributed by atoms with van der Waals surface area (Å²) >= 11 is 0. The molecule has 0 atom stereocenters. The number of hydrogen-bond acceptors (Lipinski definition) is 0. The van der Waals surface area contributed by atoms with E-state index in [2.05, 4.69) is 77.9 Å². The number of benzene rings is 2. The van der Waals surface area contributed by atoms with E-state index in [1.54, 1.807) is 0 Å². The van der Waals surface area contributed by atoms with E-state index < -0.39 is 0 Å². The third-order valence-electron chi connectivity index (χ3n) is 4.33. The van der Waals surface area contributed by atoms with Gasteiger partial charge >= 0.3 is 0 Å². The first kappa shape index (κ1) is 15.1. The van der Waals surface area contributed by atoms with Crippen LogP contribution in [0.15, 0.2) is 36.4 Å². The first-order chi connectivity index (χ1) is 9.27. The lowest BCUT2D eigenvalue weighted by Crippen LogP contribution is -2.18. The summed E-state index contributed by atoms with van der Waals surface area (Å²) in [5.74, 6) is 0. The Balaban J connectivity index is 2.72. The fourth-order valence-corrected chi connectivity index (χ4v) is 3.31. The van der Waals surface area contributed by atoms with Crippen LogP contribution in [-0.2, 0) is 10.8 Å². The SMILES string of the molecule is CCCC(C)(C)c1cccc2c(C(C)(C)C)cccc12. The van der Waals surface area contributed by atoms with E-state index in [1.165, 1.54) is 34.7 Å². The summed E-state index contributed by atoms with van der Waals surface area (Å²) < 4.78 is 0. The number of rotatable bonds is 3. The minimum Gasteiger partial charge on any atom is -0.0654 e. The van der Waals surface area contributed by atoms with Crippen molar-refractivity contribution in [3.05, 3.63) is 47.5 Å². The zero-order valence-corrected chi connectivity index (χ0v) is 13.9. The van der Waals surface area contributed by atoms with E-state index in [1.807, 2.05) is 0 Å². The molecule has 2 rings (SSSR count). The Labute approximate surface area is 124 Å². The molecule has 0 aliphatic rings. The fraction of sp³-hybridized carbons (Fsp3) is 0.500. The molecule has 0 nitrogen and oxygen atoms in total. The Kier molecular flexibility index (Phi) is 3.95. The van der Waals surface area contributed by atoms with Crippen LogP contribution in [0.5, 0.6) is 0 Å². The average Bonchev–Trinajstić information content (AvgIpc) is 2.36. The minimum absolute atomic E-state index is 0.188. The van der Waals surface area contributed by atoms with Gasteiger partial charge in [0.1, 0.15) is 0 Å². The second-order valence-corrected chi connectivity index (χ2v) is 7.59. The highest BCUT2D eigenvalue weighted by Crippen LogP contribution is 2.37. The van der Waals surface area contributed by atoms with E-state index in [0.717, 1.165) is 0 Å². The predicted octanol–water partition coefficient (Wildman–Crippen LogP) is 6.22. The molecule has 20 heavy (non-hydrogen) atoms. The van der Waals surface area contributed by atoms with Gasteiger partial charge in [-0.3, -0.25) is 0 Å². The molecule has 0 aromatic heterocycles. The molecule has 0 saturated carbocycles. The largest absolute Gasteiger partial charge is 0.0654 e. The van der Waals surface area contributed by atoms with Crippen LogP contribution in [0.3, 0.4) is 0 Å². The summed E-state index contributed by atoms with van der Waals surface area (Å²) in [7, 11) is 0. The van der Waals surface area contributed by atoms with E-state index in [9.17, 15) is 0 Å². The average molecular weight is 268 g/mol. The highest BCUT2D eigenvalue weighted by atomic mass is 14.3. The van der Waals surface area contributed by atoms with Gasteiger partial charge in [-0.2, -0.15) is 0 Å². The molecule has 0 unspecified atom stereocenters. The maximum Gasteiger partial charge on any atom is -0.00975 e. The van der Waals surface area contributed by atoms with Crippen molar-refractivity contribution in [3.8, 4) is 0 Å². The van der Waals surface area contributed by atoms with Gasteiger partial charge in [0.2, 0.25) is 0 Å². The Morgan fingerprint density at radius 1 is 0.750 bits per heavy atom. The van der Waals surface area contributed by atoms with Crippen molar-refractivity contribution in [1.29, 1.82) is 0 Å². The monoisotopic (exact) mass is 268 g/mol. The molecule has 0 heterocycles. The van der Waals surface area contributed by atoms with Gasteiger partial charge in [0.05, 0.1) is 0 Å². The van der Waals surface area contributed by atoms with Crippen molar-refractivity contribution in [2.45, 2.75) is 65.2 Å². The predicted molar refractivity (Wildman–Crippen MR) is 90.6 cm³/mol. The quantitative estimate of drug-likeness (QED) is 0.620. The highest BCUT2D eigenvalue weighted by Gasteiger charge is 2.23. The summed E-state index contributed by atoms with van der Waals surface area (Å²) in [6.45, 7) is 13.9. The first-order valence-corrected chi connectivity index (χ1v) is 7.80. The Bertz CT molecular complexity index is 597. The van der Waals surface area contributed by atoms with Crippen molar-refractivity contribution < 1.29 is 0 Å². The smallest absolute Gasteiger partial charge is 0.00975 e. The maximum atomic E-state index is 2.37. The lowest BCUT2D eigenvalue weighted by Gasteiger charge is -2.28. The number of fused-ring (bicyclic) bond motifs is 1. The second kappa shape index (κ2) is 5.24. The third-order valence-corrected chi connectivity index (χ3v) is 4.33. The van der Waals surface area contributed by atoms with Gasteiger partial charge in [-0.25, -0.2) is 0 Å². The van der Waals surface area contributed by atoms with Gasteiger partial charge in [-0.1, -0.05) is 84.4 Å². The van der Waals surface area contributed by atoms with Gasteiger partial charge in [-0.05, 0) is 39.2 Å². The first-order valence-electron chi connectivity index (χ1n) is 7.80. The van der Waals surface area contributed by atoms with Crippen LogP contribution < -0.4 is 0 Å². The molecule has 0 radical (unpaired) electrons. The van der Waals surface area contributed by atoms with Crippen molar-refractivity contribution >= 4 is 10.8 Å². The maximum absolute atomic E-state index is 2.37. The molecular formula is C20H28. The van der Waals surface area contributed by atoms with Crippen LogP contribution in [0.4, 0.5) is 0 Å². The lowest BCUT2D eigenvalue weighted by atomic mass is 9.76. The summed E-state index contributed by atoms with van der Waals surface area (Å²) in [6.07, 6.45) is 2.45. The third kappa shape index (κ3) is 2.75. The molecular weight excluding hydrogens is 240 g/mol. The van der Waals surface area contributed by atoms with Crippen molar-refractivity contribution in [3.63, 3.8) is 0 Å². The van der Waals surface area contributed by atoms with Crippen LogP contribution in [-0.4, -0.2) is 0 Å². The van der Waals surface area contributed by atoms with Gasteiger partial charge in [0.15, 0.2) is 0 Å². The molecule has 0 fully saturated rings. The lowest BCUT2D eigenvalue weighted by molar-refractivity contribution is 0.477. The molecule has 0 spiro atoms. The van der Waals surface area contributed by atoms with Crippen molar-refractivity contribution in [2.24, 2.45) is 0 Å². The van der Waals surface area contributed by atoms with Crippen LogP contribution in [0.1, 0.15) is 65.5 Å². The standard InChI is InChI=1S/C20H28/c1-7-14-20(5,6)18-13-9-10-15-16(18)11-8-12-17(15)19(2,3)4/h8-13H,7,14H2,1-6H3. The Morgan fingerprint density at radius 3 is 1.75 bits per heavy atom. The van der Waals surface area contributed by atoms with E-state index in [4.69, 9.17) is 0 Å². The molecule has 0 amide bonds. The summed E-state index contributed by atoms with van der Waals surface area (Å²) in [5, 5.41) is 2.85. The molecule has 2 aromatic carbocycles. The zero-order chi connectivity index (χ0) is 15.0. The number of hydrogen-bond donors (Lipinski definition) is 0. The minimum atomic E-state index is 0.188. The second-order valence-electron chi connectivity index (χ2n) is 7.59. The Hall–Kier alpha value is -1.30. The van der Waals surface area contributed by atoms with Crippen LogP contribution in [0.2, 0.25) is 0 Å². The van der Waals surface area contributed by atoms with E-state index in [-0.39, 0.29) is 10.8 Å². The topological polar surface area (TPSA) is 0 Å². The van der Waals surface area contributed by atoms with E-state index in [0.29, 0.717) is 0 Å². The molecule has 0 saturated heterocycles. The normalized spacial score (nSPS) is 12.9. The van der Waals surface area contributed by atoms with Crippen molar-refractivity contribution in [1.82, 2.24) is 0 Å².